The molecule has 0 saturated heterocycles. The van der Waals surface area contributed by atoms with Crippen molar-refractivity contribution in [1.29, 1.82) is 0 Å². The van der Waals surface area contributed by atoms with Crippen LogP contribution in [0, 0.1) is 5.92 Å². The first-order valence-electron chi connectivity index (χ1n) is 6.88. The molecule has 0 aliphatic heterocycles. The molecule has 2 aromatic rings. The van der Waals surface area contributed by atoms with E-state index in [1.54, 1.807) is 0 Å². The Balaban J connectivity index is 1.91. The van der Waals surface area contributed by atoms with Crippen LogP contribution in [0.5, 0.6) is 0 Å². The highest BCUT2D eigenvalue weighted by molar-refractivity contribution is 6.33. The van der Waals surface area contributed by atoms with Crippen LogP contribution >= 0.6 is 23.2 Å². The summed E-state index contributed by atoms with van der Waals surface area (Å²) < 4.78 is 0. The van der Waals surface area contributed by atoms with E-state index >= 15 is 0 Å². The topological polar surface area (TPSA) is 12.0 Å². The number of fused-ring (bicyclic) bond motifs is 1. The Hall–Kier alpha value is -1.02. The molecule has 0 aromatic heterocycles. The van der Waals surface area contributed by atoms with E-state index in [1.807, 2.05) is 25.2 Å². The first-order valence-corrected chi connectivity index (χ1v) is 7.63. The molecule has 1 atom stereocenters. The summed E-state index contributed by atoms with van der Waals surface area (Å²) in [5, 5.41) is 4.94. The number of hydrogen-bond acceptors (Lipinski definition) is 1. The van der Waals surface area contributed by atoms with Crippen LogP contribution in [-0.2, 0) is 12.8 Å². The average molecular weight is 306 g/mol. The van der Waals surface area contributed by atoms with E-state index in [0.29, 0.717) is 5.92 Å². The molecule has 2 aromatic carbocycles. The van der Waals surface area contributed by atoms with Gasteiger partial charge >= 0.3 is 0 Å². The summed E-state index contributed by atoms with van der Waals surface area (Å²) in [4.78, 5) is 0. The van der Waals surface area contributed by atoms with Gasteiger partial charge in [-0.3, -0.25) is 0 Å². The van der Waals surface area contributed by atoms with Crippen molar-refractivity contribution < 1.29 is 0 Å². The van der Waals surface area contributed by atoms with Gasteiger partial charge in [-0.15, -0.1) is 0 Å². The molecule has 20 heavy (non-hydrogen) atoms. The zero-order chi connectivity index (χ0) is 14.1. The minimum atomic E-state index is 0.230. The summed E-state index contributed by atoms with van der Waals surface area (Å²) in [7, 11) is 1.99. The molecule has 1 aliphatic rings. The molecule has 0 amide bonds. The highest BCUT2D eigenvalue weighted by atomic mass is 35.5. The molecule has 1 N–H and O–H groups in total. The maximum absolute atomic E-state index is 6.36. The third-order valence-corrected chi connectivity index (χ3v) is 4.74. The van der Waals surface area contributed by atoms with Gasteiger partial charge in [-0.1, -0.05) is 47.5 Å². The lowest BCUT2D eigenvalue weighted by Gasteiger charge is -2.24. The Morgan fingerprint density at radius 1 is 1.05 bits per heavy atom. The molecule has 0 heterocycles. The van der Waals surface area contributed by atoms with Crippen LogP contribution in [0.2, 0.25) is 10.0 Å². The van der Waals surface area contributed by atoms with Gasteiger partial charge in [-0.25, -0.2) is 0 Å². The maximum atomic E-state index is 6.36. The van der Waals surface area contributed by atoms with Gasteiger partial charge in [-0.05, 0) is 60.7 Å². The van der Waals surface area contributed by atoms with Gasteiger partial charge in [0.1, 0.15) is 0 Å². The summed E-state index contributed by atoms with van der Waals surface area (Å²) in [6.07, 6.45) is 2.18. The molecule has 0 radical (unpaired) electrons. The minimum Gasteiger partial charge on any atom is -0.313 e. The number of hydrogen-bond donors (Lipinski definition) is 1. The van der Waals surface area contributed by atoms with E-state index in [4.69, 9.17) is 23.2 Å². The van der Waals surface area contributed by atoms with Crippen LogP contribution in [0.25, 0.3) is 0 Å². The molecule has 3 rings (SSSR count). The van der Waals surface area contributed by atoms with Crippen molar-refractivity contribution in [3.05, 3.63) is 69.2 Å². The highest BCUT2D eigenvalue weighted by Crippen LogP contribution is 2.38. The van der Waals surface area contributed by atoms with E-state index < -0.39 is 0 Å². The molecule has 1 unspecified atom stereocenters. The van der Waals surface area contributed by atoms with E-state index in [1.165, 1.54) is 11.1 Å². The second kappa shape index (κ2) is 5.77. The van der Waals surface area contributed by atoms with E-state index in [2.05, 4.69) is 29.6 Å². The van der Waals surface area contributed by atoms with Crippen molar-refractivity contribution in [2.45, 2.75) is 18.9 Å². The van der Waals surface area contributed by atoms with Gasteiger partial charge in [0, 0.05) is 16.1 Å². The van der Waals surface area contributed by atoms with Crippen LogP contribution in [0.15, 0.2) is 42.5 Å². The minimum absolute atomic E-state index is 0.230. The molecule has 0 saturated carbocycles. The first-order chi connectivity index (χ1) is 9.69. The summed E-state index contributed by atoms with van der Waals surface area (Å²) in [5.41, 5.74) is 4.01. The van der Waals surface area contributed by atoms with Gasteiger partial charge in [0.05, 0.1) is 0 Å². The lowest BCUT2D eigenvalue weighted by Crippen LogP contribution is -2.26. The normalized spacial score (nSPS) is 16.1. The fourth-order valence-corrected chi connectivity index (χ4v) is 3.64. The van der Waals surface area contributed by atoms with E-state index in [0.717, 1.165) is 28.5 Å². The second-order valence-corrected chi connectivity index (χ2v) is 6.21. The highest BCUT2D eigenvalue weighted by Gasteiger charge is 2.29. The molecule has 104 valence electrons. The number of rotatable bonds is 3. The predicted molar refractivity (Wildman–Crippen MR) is 85.6 cm³/mol. The van der Waals surface area contributed by atoms with Crippen molar-refractivity contribution in [3.8, 4) is 0 Å². The quantitative estimate of drug-likeness (QED) is 0.869. The number of nitrogens with one attached hydrogen (secondary N) is 1. The summed E-state index contributed by atoms with van der Waals surface area (Å²) in [6.45, 7) is 0. The smallest absolute Gasteiger partial charge is 0.0454 e. The fourth-order valence-electron chi connectivity index (χ4n) is 3.23. The van der Waals surface area contributed by atoms with E-state index in [-0.39, 0.29) is 6.04 Å². The largest absolute Gasteiger partial charge is 0.313 e. The van der Waals surface area contributed by atoms with Crippen LogP contribution < -0.4 is 5.32 Å². The van der Waals surface area contributed by atoms with Gasteiger partial charge in [0.15, 0.2) is 0 Å². The van der Waals surface area contributed by atoms with Crippen molar-refractivity contribution >= 4 is 23.2 Å². The predicted octanol–water partition coefficient (Wildman–Crippen LogP) is 4.67. The molecule has 0 spiro atoms. The molecule has 0 fully saturated rings. The first kappa shape index (κ1) is 13.9. The van der Waals surface area contributed by atoms with Gasteiger partial charge in [0.25, 0.3) is 0 Å². The summed E-state index contributed by atoms with van der Waals surface area (Å²) >= 11 is 12.5. The maximum Gasteiger partial charge on any atom is 0.0454 e. The van der Waals surface area contributed by atoms with Crippen molar-refractivity contribution in [3.63, 3.8) is 0 Å². The Morgan fingerprint density at radius 3 is 2.30 bits per heavy atom. The van der Waals surface area contributed by atoms with Crippen LogP contribution in [0.4, 0.5) is 0 Å². The van der Waals surface area contributed by atoms with Crippen LogP contribution in [-0.4, -0.2) is 7.05 Å². The Bertz CT molecular complexity index is 599. The SMILES string of the molecule is CNC(c1cc(Cl)ccc1Cl)C1Cc2ccccc2C1. The zero-order valence-electron chi connectivity index (χ0n) is 11.4. The van der Waals surface area contributed by atoms with Crippen molar-refractivity contribution in [2.24, 2.45) is 5.92 Å². The number of halogens is 2. The van der Waals surface area contributed by atoms with E-state index in [9.17, 15) is 0 Å². The summed E-state index contributed by atoms with van der Waals surface area (Å²) in [5.74, 6) is 0.522. The Labute approximate surface area is 129 Å². The van der Waals surface area contributed by atoms with Gasteiger partial charge in [-0.2, -0.15) is 0 Å². The standard InChI is InChI=1S/C17H17Cl2N/c1-20-17(15-10-14(18)6-7-16(15)19)13-8-11-4-2-3-5-12(11)9-13/h2-7,10,13,17,20H,8-9H2,1H3. The van der Waals surface area contributed by atoms with Crippen LogP contribution in [0.1, 0.15) is 22.7 Å². The third kappa shape index (κ3) is 2.58. The summed E-state index contributed by atoms with van der Waals surface area (Å²) in [6, 6.07) is 14.6. The molecule has 0 bridgehead atoms. The Kier molecular flexibility index (Phi) is 4.02. The van der Waals surface area contributed by atoms with Crippen molar-refractivity contribution in [1.82, 2.24) is 5.32 Å². The van der Waals surface area contributed by atoms with Gasteiger partial charge < -0.3 is 5.32 Å². The monoisotopic (exact) mass is 305 g/mol. The Morgan fingerprint density at radius 2 is 1.70 bits per heavy atom. The molecule has 1 nitrogen and oxygen atoms in total. The lowest BCUT2D eigenvalue weighted by molar-refractivity contribution is 0.397. The second-order valence-electron chi connectivity index (χ2n) is 5.37. The third-order valence-electron chi connectivity index (χ3n) is 4.16. The molecular weight excluding hydrogens is 289 g/mol. The fraction of sp³-hybridized carbons (Fsp3) is 0.294. The average Bonchev–Trinajstić information content (AvgIpc) is 2.87. The number of benzene rings is 2. The molecule has 1 aliphatic carbocycles. The zero-order valence-corrected chi connectivity index (χ0v) is 12.9. The lowest BCUT2D eigenvalue weighted by atomic mass is 9.90. The molecular formula is C17H17Cl2N. The van der Waals surface area contributed by atoms with Gasteiger partial charge in [0.2, 0.25) is 0 Å². The van der Waals surface area contributed by atoms with Crippen molar-refractivity contribution in [2.75, 3.05) is 7.05 Å². The van der Waals surface area contributed by atoms with Crippen LogP contribution in [0.3, 0.4) is 0 Å². The molecule has 3 heteroatoms.